The van der Waals surface area contributed by atoms with E-state index >= 15 is 0 Å². The van der Waals surface area contributed by atoms with Crippen molar-refractivity contribution in [3.8, 4) is 0 Å². The van der Waals surface area contributed by atoms with Crippen molar-refractivity contribution in [2.24, 2.45) is 5.73 Å². The molecule has 2 aromatic rings. The fourth-order valence-electron chi connectivity index (χ4n) is 2.82. The zero-order valence-corrected chi connectivity index (χ0v) is 15.3. The molecule has 0 bridgehead atoms. The Morgan fingerprint density at radius 2 is 2.08 bits per heavy atom. The maximum absolute atomic E-state index is 12.1. The number of nitrogens with two attached hydrogens (primary N) is 1. The number of nitrogens with one attached hydrogen (secondary N) is 1. The second kappa shape index (κ2) is 7.84. The maximum atomic E-state index is 12.1. The number of halogens is 1. The standard InChI is InChI=1S/C17H16ClN3O4S/c18-14-10(5-3-7-20-14)17(24)25-8-12(22)21-16-13(15(19)23)9-4-1-2-6-11(9)26-16/h3,5,7H,1-2,4,6,8H2,(H2,19,23)(H,21,22). The quantitative estimate of drug-likeness (QED) is 0.599. The molecule has 7 nitrogen and oxygen atoms in total. The van der Waals surface area contributed by atoms with Crippen LogP contribution in [-0.4, -0.2) is 29.4 Å². The summed E-state index contributed by atoms with van der Waals surface area (Å²) in [5.41, 5.74) is 6.84. The first kappa shape index (κ1) is 18.3. The molecule has 3 N–H and O–H groups in total. The third-order valence-corrected chi connectivity index (χ3v) is 5.49. The number of anilines is 1. The highest BCUT2D eigenvalue weighted by atomic mass is 35.5. The fraction of sp³-hybridized carbons (Fsp3) is 0.294. The first-order valence-corrected chi connectivity index (χ1v) is 9.18. The van der Waals surface area contributed by atoms with E-state index in [0.29, 0.717) is 10.6 Å². The van der Waals surface area contributed by atoms with Crippen LogP contribution in [0.4, 0.5) is 5.00 Å². The number of thiophene rings is 1. The molecule has 0 atom stereocenters. The van der Waals surface area contributed by atoms with Gasteiger partial charge in [0.05, 0.1) is 11.1 Å². The molecule has 0 unspecified atom stereocenters. The molecule has 0 saturated heterocycles. The fourth-order valence-corrected chi connectivity index (χ4v) is 4.33. The van der Waals surface area contributed by atoms with Crippen LogP contribution < -0.4 is 11.1 Å². The molecular weight excluding hydrogens is 378 g/mol. The van der Waals surface area contributed by atoms with Gasteiger partial charge in [0.15, 0.2) is 6.61 Å². The molecule has 0 fully saturated rings. The zero-order chi connectivity index (χ0) is 18.7. The third kappa shape index (κ3) is 3.86. The Labute approximate surface area is 158 Å². The van der Waals surface area contributed by atoms with Gasteiger partial charge in [-0.15, -0.1) is 11.3 Å². The molecular formula is C17H16ClN3O4S. The molecule has 1 aliphatic rings. The minimum absolute atomic E-state index is 0.000134. The predicted octanol–water partition coefficient (Wildman–Crippen LogP) is 2.57. The Bertz CT molecular complexity index is 881. The number of nitrogens with zero attached hydrogens (tertiary/aromatic N) is 1. The van der Waals surface area contributed by atoms with E-state index in [1.54, 1.807) is 0 Å². The highest BCUT2D eigenvalue weighted by molar-refractivity contribution is 7.17. The second-order valence-corrected chi connectivity index (χ2v) is 7.21. The molecule has 0 spiro atoms. The lowest BCUT2D eigenvalue weighted by Crippen LogP contribution is -2.23. The lowest BCUT2D eigenvalue weighted by atomic mass is 9.95. The van der Waals surface area contributed by atoms with Gasteiger partial charge in [0, 0.05) is 11.1 Å². The van der Waals surface area contributed by atoms with Crippen LogP contribution in [0.2, 0.25) is 5.15 Å². The Hall–Kier alpha value is -2.45. The lowest BCUT2D eigenvalue weighted by Gasteiger charge is -2.11. The summed E-state index contributed by atoms with van der Waals surface area (Å²) in [6, 6.07) is 2.99. The van der Waals surface area contributed by atoms with Crippen LogP contribution in [0.3, 0.4) is 0 Å². The molecule has 1 aliphatic carbocycles. The van der Waals surface area contributed by atoms with Crippen molar-refractivity contribution in [2.75, 3.05) is 11.9 Å². The number of carbonyl (C=O) groups excluding carboxylic acids is 3. The van der Waals surface area contributed by atoms with Crippen molar-refractivity contribution < 1.29 is 19.1 Å². The summed E-state index contributed by atoms with van der Waals surface area (Å²) in [6.45, 7) is -0.509. The molecule has 0 aromatic carbocycles. The van der Waals surface area contributed by atoms with Crippen molar-refractivity contribution in [1.82, 2.24) is 4.98 Å². The number of ether oxygens (including phenoxy) is 1. The summed E-state index contributed by atoms with van der Waals surface area (Å²) in [5, 5.41) is 3.03. The largest absolute Gasteiger partial charge is 0.452 e. The van der Waals surface area contributed by atoms with Crippen molar-refractivity contribution in [3.63, 3.8) is 0 Å². The summed E-state index contributed by atoms with van der Waals surface area (Å²) >= 11 is 7.16. The van der Waals surface area contributed by atoms with Crippen LogP contribution in [-0.2, 0) is 22.4 Å². The number of pyridine rings is 1. The molecule has 136 valence electrons. The van der Waals surface area contributed by atoms with Crippen molar-refractivity contribution in [2.45, 2.75) is 25.7 Å². The topological polar surface area (TPSA) is 111 Å². The molecule has 2 aromatic heterocycles. The molecule has 0 saturated carbocycles. The van der Waals surface area contributed by atoms with Crippen molar-refractivity contribution in [3.05, 3.63) is 45.1 Å². The van der Waals surface area contributed by atoms with Crippen LogP contribution in [0.5, 0.6) is 0 Å². The van der Waals surface area contributed by atoms with Gasteiger partial charge < -0.3 is 15.8 Å². The number of aryl methyl sites for hydroxylation is 1. The number of primary amides is 1. The SMILES string of the molecule is NC(=O)c1c(NC(=O)COC(=O)c2cccnc2Cl)sc2c1CCCC2. The van der Waals surface area contributed by atoms with Crippen LogP contribution in [0.15, 0.2) is 18.3 Å². The average Bonchev–Trinajstić information content (AvgIpc) is 2.98. The molecule has 26 heavy (non-hydrogen) atoms. The summed E-state index contributed by atoms with van der Waals surface area (Å²) in [7, 11) is 0. The highest BCUT2D eigenvalue weighted by Gasteiger charge is 2.25. The number of hydrogen-bond acceptors (Lipinski definition) is 6. The molecule has 2 amide bonds. The Morgan fingerprint density at radius 3 is 2.81 bits per heavy atom. The van der Waals surface area contributed by atoms with Gasteiger partial charge >= 0.3 is 5.97 Å². The van der Waals surface area contributed by atoms with E-state index in [0.717, 1.165) is 36.1 Å². The Balaban J connectivity index is 1.67. The zero-order valence-electron chi connectivity index (χ0n) is 13.7. The minimum Gasteiger partial charge on any atom is -0.452 e. The van der Waals surface area contributed by atoms with Gasteiger partial charge in [0.2, 0.25) is 0 Å². The van der Waals surface area contributed by atoms with E-state index in [1.807, 2.05) is 0 Å². The smallest absolute Gasteiger partial charge is 0.341 e. The summed E-state index contributed by atoms with van der Waals surface area (Å²) in [4.78, 5) is 40.7. The number of amides is 2. The van der Waals surface area contributed by atoms with Gasteiger partial charge in [-0.05, 0) is 43.4 Å². The Kier molecular flexibility index (Phi) is 5.53. The highest BCUT2D eigenvalue weighted by Crippen LogP contribution is 2.37. The normalized spacial score (nSPS) is 13.0. The Morgan fingerprint density at radius 1 is 1.31 bits per heavy atom. The van der Waals surface area contributed by atoms with Gasteiger partial charge in [0.1, 0.15) is 10.2 Å². The number of rotatable bonds is 5. The van der Waals surface area contributed by atoms with E-state index in [4.69, 9.17) is 22.1 Å². The van der Waals surface area contributed by atoms with E-state index in [9.17, 15) is 14.4 Å². The van der Waals surface area contributed by atoms with Gasteiger partial charge in [-0.3, -0.25) is 9.59 Å². The van der Waals surface area contributed by atoms with E-state index in [1.165, 1.54) is 29.7 Å². The van der Waals surface area contributed by atoms with Gasteiger partial charge in [-0.25, -0.2) is 9.78 Å². The molecule has 3 rings (SSSR count). The summed E-state index contributed by atoms with van der Waals surface area (Å²) in [6.07, 6.45) is 5.11. The minimum atomic E-state index is -0.751. The molecule has 0 aliphatic heterocycles. The van der Waals surface area contributed by atoms with Crippen LogP contribution >= 0.6 is 22.9 Å². The maximum Gasteiger partial charge on any atom is 0.341 e. The van der Waals surface area contributed by atoms with Crippen molar-refractivity contribution >= 4 is 45.7 Å². The number of hydrogen-bond donors (Lipinski definition) is 2. The molecule has 2 heterocycles. The van der Waals surface area contributed by atoms with E-state index in [2.05, 4.69) is 10.3 Å². The van der Waals surface area contributed by atoms with Gasteiger partial charge in [-0.2, -0.15) is 0 Å². The van der Waals surface area contributed by atoms with Crippen LogP contribution in [0.1, 0.15) is 44.0 Å². The summed E-state index contributed by atoms with van der Waals surface area (Å²) < 4.78 is 4.96. The first-order valence-electron chi connectivity index (χ1n) is 7.99. The third-order valence-electron chi connectivity index (χ3n) is 3.98. The van der Waals surface area contributed by atoms with Crippen molar-refractivity contribution in [1.29, 1.82) is 0 Å². The van der Waals surface area contributed by atoms with E-state index in [-0.39, 0.29) is 10.7 Å². The van der Waals surface area contributed by atoms with E-state index < -0.39 is 24.4 Å². The van der Waals surface area contributed by atoms with Crippen LogP contribution in [0.25, 0.3) is 0 Å². The molecule has 9 heteroatoms. The monoisotopic (exact) mass is 393 g/mol. The summed E-state index contributed by atoms with van der Waals surface area (Å²) in [5.74, 6) is -1.88. The van der Waals surface area contributed by atoms with Gasteiger partial charge in [0.25, 0.3) is 11.8 Å². The molecule has 0 radical (unpaired) electrons. The predicted molar refractivity (Wildman–Crippen MR) is 97.6 cm³/mol. The number of esters is 1. The number of aromatic nitrogens is 1. The van der Waals surface area contributed by atoms with Crippen LogP contribution in [0, 0.1) is 0 Å². The average molecular weight is 394 g/mol. The lowest BCUT2D eigenvalue weighted by molar-refractivity contribution is -0.119. The first-order chi connectivity index (χ1) is 12.5. The number of carbonyl (C=O) groups is 3. The second-order valence-electron chi connectivity index (χ2n) is 5.75. The van der Waals surface area contributed by atoms with Gasteiger partial charge in [-0.1, -0.05) is 11.6 Å². The number of fused-ring (bicyclic) bond motifs is 1.